The summed E-state index contributed by atoms with van der Waals surface area (Å²) in [5.74, 6) is -1.27. The van der Waals surface area contributed by atoms with Crippen LogP contribution in [0.25, 0.3) is 16.9 Å². The Bertz CT molecular complexity index is 1740. The number of halogens is 3. The van der Waals surface area contributed by atoms with E-state index >= 15 is 0 Å². The number of para-hydroxylation sites is 1. The number of aromatic hydroxyl groups is 1. The van der Waals surface area contributed by atoms with E-state index in [1.807, 2.05) is 0 Å². The maximum atomic E-state index is 14.0. The predicted molar refractivity (Wildman–Crippen MR) is 139 cm³/mol. The number of anilines is 2. The van der Waals surface area contributed by atoms with Gasteiger partial charge in [-0.05, 0) is 64.0 Å². The van der Waals surface area contributed by atoms with Crippen molar-refractivity contribution in [3.8, 4) is 17.0 Å². The number of nitrogens with one attached hydrogen (secondary N) is 2. The number of rotatable bonds is 7. The first kappa shape index (κ1) is 24.7. The maximum Gasteiger partial charge on any atom is 0.264 e. The Morgan fingerprint density at radius 3 is 2.62 bits per heavy atom. The number of phenolic OH excluding ortho intramolecular Hbond substituents is 1. The fourth-order valence-corrected chi connectivity index (χ4v) is 5.21. The monoisotopic (exact) mass is 585 g/mol. The average Bonchev–Trinajstić information content (AvgIpc) is 3.25. The zero-order valence-corrected chi connectivity index (χ0v) is 21.3. The molecule has 5 aromatic rings. The second-order valence-electron chi connectivity index (χ2n) is 8.01. The van der Waals surface area contributed by atoms with Crippen molar-refractivity contribution in [2.75, 3.05) is 10.0 Å². The normalized spacial score (nSPS) is 11.5. The number of aromatic nitrogens is 3. The Morgan fingerprint density at radius 1 is 1.00 bits per heavy atom. The topological polar surface area (TPSA) is 109 Å². The van der Waals surface area contributed by atoms with Crippen LogP contribution in [0.2, 0.25) is 0 Å². The standard InChI is InChI=1S/C25H18BrF2N5O3S/c26-19-14-30-33-24(12-21(31-25(19)33)18-6-1-2-7-22(18)34)29-13-15-4-3-5-17(10-15)32-37(35,36)23-11-16(27)8-9-20(23)28/h1-12,14,29,32,34H,13H2. The minimum Gasteiger partial charge on any atom is -0.507 e. The van der Waals surface area contributed by atoms with Crippen LogP contribution in [0, 0.1) is 11.6 Å². The zero-order chi connectivity index (χ0) is 26.2. The van der Waals surface area contributed by atoms with Gasteiger partial charge in [0.05, 0.1) is 16.4 Å². The fraction of sp³-hybridized carbons (Fsp3) is 0.0400. The molecule has 2 aromatic heterocycles. The quantitative estimate of drug-likeness (QED) is 0.231. The lowest BCUT2D eigenvalue weighted by molar-refractivity contribution is 0.477. The first-order valence-electron chi connectivity index (χ1n) is 10.8. The van der Waals surface area contributed by atoms with Gasteiger partial charge in [0.15, 0.2) is 5.65 Å². The van der Waals surface area contributed by atoms with Crippen molar-refractivity contribution in [1.82, 2.24) is 14.6 Å². The van der Waals surface area contributed by atoms with Crippen LogP contribution in [0.4, 0.5) is 20.3 Å². The summed E-state index contributed by atoms with van der Waals surface area (Å²) in [4.78, 5) is 3.82. The molecule has 0 amide bonds. The lowest BCUT2D eigenvalue weighted by atomic mass is 10.1. The molecule has 0 fully saturated rings. The molecule has 0 aliphatic rings. The Balaban J connectivity index is 1.42. The van der Waals surface area contributed by atoms with E-state index in [2.05, 4.69) is 36.1 Å². The van der Waals surface area contributed by atoms with E-state index in [4.69, 9.17) is 0 Å². The van der Waals surface area contributed by atoms with Gasteiger partial charge in [-0.1, -0.05) is 24.3 Å². The molecule has 188 valence electrons. The highest BCUT2D eigenvalue weighted by molar-refractivity contribution is 9.10. The number of phenols is 1. The third kappa shape index (κ3) is 5.11. The van der Waals surface area contributed by atoms with Crippen LogP contribution in [-0.4, -0.2) is 28.1 Å². The number of hydrogen-bond donors (Lipinski definition) is 3. The zero-order valence-electron chi connectivity index (χ0n) is 18.9. The van der Waals surface area contributed by atoms with E-state index in [9.17, 15) is 22.3 Å². The lowest BCUT2D eigenvalue weighted by Crippen LogP contribution is -2.15. The molecular weight excluding hydrogens is 568 g/mol. The first-order chi connectivity index (χ1) is 17.7. The largest absolute Gasteiger partial charge is 0.507 e. The lowest BCUT2D eigenvalue weighted by Gasteiger charge is -2.13. The molecule has 0 spiro atoms. The number of fused-ring (bicyclic) bond motifs is 1. The van der Waals surface area contributed by atoms with E-state index in [0.717, 1.165) is 12.1 Å². The minimum atomic E-state index is -4.35. The molecule has 0 saturated carbocycles. The van der Waals surface area contributed by atoms with Crippen LogP contribution in [0.1, 0.15) is 5.56 Å². The summed E-state index contributed by atoms with van der Waals surface area (Å²) >= 11 is 3.44. The molecule has 0 saturated heterocycles. The van der Waals surface area contributed by atoms with Crippen molar-refractivity contribution in [3.63, 3.8) is 0 Å². The summed E-state index contributed by atoms with van der Waals surface area (Å²) in [5, 5.41) is 17.9. The summed E-state index contributed by atoms with van der Waals surface area (Å²) < 4.78 is 57.4. The molecule has 3 aromatic carbocycles. The van der Waals surface area contributed by atoms with Gasteiger partial charge in [-0.15, -0.1) is 0 Å². The van der Waals surface area contributed by atoms with Crippen LogP contribution < -0.4 is 10.0 Å². The van der Waals surface area contributed by atoms with Crippen molar-refractivity contribution in [1.29, 1.82) is 0 Å². The third-order valence-electron chi connectivity index (χ3n) is 5.44. The van der Waals surface area contributed by atoms with Gasteiger partial charge in [0, 0.05) is 23.9 Å². The molecule has 3 N–H and O–H groups in total. The van der Waals surface area contributed by atoms with Crippen LogP contribution >= 0.6 is 15.9 Å². The molecule has 12 heteroatoms. The maximum absolute atomic E-state index is 14.0. The first-order valence-corrected chi connectivity index (χ1v) is 13.1. The number of benzene rings is 3. The van der Waals surface area contributed by atoms with Crippen molar-refractivity contribution in [3.05, 3.63) is 101 Å². The smallest absolute Gasteiger partial charge is 0.264 e. The van der Waals surface area contributed by atoms with Gasteiger partial charge in [-0.2, -0.15) is 9.61 Å². The Labute approximate surface area is 218 Å². The molecule has 0 aliphatic heterocycles. The van der Waals surface area contributed by atoms with Gasteiger partial charge in [0.2, 0.25) is 0 Å². The molecule has 0 bridgehead atoms. The number of hydrogen-bond acceptors (Lipinski definition) is 6. The summed E-state index contributed by atoms with van der Waals surface area (Å²) in [6.07, 6.45) is 1.60. The SMILES string of the molecule is O=S(=O)(Nc1cccc(CNc2cc(-c3ccccc3O)nc3c(Br)cnn23)c1)c1cc(F)ccc1F. The van der Waals surface area contributed by atoms with Gasteiger partial charge >= 0.3 is 0 Å². The van der Waals surface area contributed by atoms with Gasteiger partial charge in [-0.25, -0.2) is 22.2 Å². The molecule has 0 atom stereocenters. The molecule has 0 unspecified atom stereocenters. The predicted octanol–water partition coefficient (Wildman–Crippen LogP) is 5.56. The Morgan fingerprint density at radius 2 is 1.81 bits per heavy atom. The molecule has 0 radical (unpaired) electrons. The van der Waals surface area contributed by atoms with Crippen LogP contribution in [0.3, 0.4) is 0 Å². The van der Waals surface area contributed by atoms with Gasteiger partial charge in [0.25, 0.3) is 10.0 Å². The summed E-state index contributed by atoms with van der Waals surface area (Å²) in [5.41, 5.74) is 2.47. The highest BCUT2D eigenvalue weighted by Crippen LogP contribution is 2.31. The summed E-state index contributed by atoms with van der Waals surface area (Å²) in [6, 6.07) is 17.3. The third-order valence-corrected chi connectivity index (χ3v) is 7.40. The molecule has 37 heavy (non-hydrogen) atoms. The second kappa shape index (κ2) is 9.79. The Hall–Kier alpha value is -4.03. The van der Waals surface area contributed by atoms with Crippen molar-refractivity contribution in [2.45, 2.75) is 11.4 Å². The Kier molecular flexibility index (Phi) is 6.52. The highest BCUT2D eigenvalue weighted by Gasteiger charge is 2.20. The second-order valence-corrected chi connectivity index (χ2v) is 10.5. The van der Waals surface area contributed by atoms with Crippen LogP contribution in [0.5, 0.6) is 5.75 Å². The van der Waals surface area contributed by atoms with E-state index in [1.165, 1.54) is 6.07 Å². The van der Waals surface area contributed by atoms with E-state index < -0.39 is 26.6 Å². The van der Waals surface area contributed by atoms with Gasteiger partial charge in [-0.3, -0.25) is 4.72 Å². The van der Waals surface area contributed by atoms with Gasteiger partial charge < -0.3 is 10.4 Å². The number of nitrogens with zero attached hydrogens (tertiary/aromatic N) is 3. The molecule has 2 heterocycles. The van der Waals surface area contributed by atoms with Gasteiger partial charge in [0.1, 0.15) is 28.1 Å². The molecular formula is C25H18BrF2N5O3S. The van der Waals surface area contributed by atoms with E-state index in [1.54, 1.807) is 59.2 Å². The molecule has 0 aliphatic carbocycles. The van der Waals surface area contributed by atoms with Crippen molar-refractivity contribution < 1.29 is 22.3 Å². The highest BCUT2D eigenvalue weighted by atomic mass is 79.9. The van der Waals surface area contributed by atoms with E-state index in [-0.39, 0.29) is 18.0 Å². The summed E-state index contributed by atoms with van der Waals surface area (Å²) in [7, 11) is -4.35. The van der Waals surface area contributed by atoms with Crippen molar-refractivity contribution >= 4 is 43.1 Å². The minimum absolute atomic E-state index is 0.0793. The molecule has 8 nitrogen and oxygen atoms in total. The molecule has 5 rings (SSSR count). The average molecular weight is 586 g/mol. The van der Waals surface area contributed by atoms with E-state index in [0.29, 0.717) is 38.8 Å². The van der Waals surface area contributed by atoms with Crippen LogP contribution in [0.15, 0.2) is 88.4 Å². The summed E-state index contributed by atoms with van der Waals surface area (Å²) in [6.45, 7) is 0.265. The van der Waals surface area contributed by atoms with Crippen LogP contribution in [-0.2, 0) is 16.6 Å². The van der Waals surface area contributed by atoms with Crippen molar-refractivity contribution in [2.24, 2.45) is 0 Å². The fourth-order valence-electron chi connectivity index (χ4n) is 3.72. The number of sulfonamides is 1.